The van der Waals surface area contributed by atoms with Gasteiger partial charge in [-0.05, 0) is 76.9 Å². The van der Waals surface area contributed by atoms with Crippen LogP contribution < -0.4 is 10.6 Å². The van der Waals surface area contributed by atoms with Crippen molar-refractivity contribution in [3.63, 3.8) is 0 Å². The molecule has 50 heavy (non-hydrogen) atoms. The van der Waals surface area contributed by atoms with E-state index >= 15 is 26.3 Å². The molecular weight excluding hydrogens is 682 g/mol. The molecule has 4 N–H and O–H groups in total. The number of alkyl halides is 6. The monoisotopic (exact) mass is 702 g/mol. The summed E-state index contributed by atoms with van der Waals surface area (Å²) in [5, 5.41) is 24.9. The van der Waals surface area contributed by atoms with Crippen LogP contribution in [0.4, 0.5) is 37.7 Å². The number of amides is 2. The number of carbonyl (C=O) groups excluding carboxylic acids is 4. The molecule has 2 aliphatic heterocycles. The number of halogens is 6. The number of ether oxygens (including phenoxy) is 1. The van der Waals surface area contributed by atoms with E-state index in [-0.39, 0.29) is 41.5 Å². The Bertz CT molecular complexity index is 2080. The molecule has 4 aromatic carbocycles. The highest BCUT2D eigenvalue weighted by Crippen LogP contribution is 2.57. The first-order valence-corrected chi connectivity index (χ1v) is 14.2. The van der Waals surface area contributed by atoms with Crippen molar-refractivity contribution in [2.45, 2.75) is 31.0 Å². The van der Waals surface area contributed by atoms with Gasteiger partial charge < -0.3 is 25.6 Å². The molecule has 2 amide bonds. The van der Waals surface area contributed by atoms with Gasteiger partial charge in [-0.3, -0.25) is 9.59 Å². The first-order chi connectivity index (χ1) is 23.5. The predicted octanol–water partition coefficient (Wildman–Crippen LogP) is 6.29. The number of phenolic OH excluding ortho intramolecular Hbond substituents is 2. The standard InChI is InChI=1S/C33H20F6N2O9/c34-32(35,36)31(33(37,38)39,19-4-7-25(42)23(11-19)40-27(44)15-1-2-17-13-48-49-14-18(17)9-15)20-5-8-26(43)24(12-20)41-28(45)16-3-6-21-22(10-16)30(47)50-29(21)46/h1-12,42-43H,13-14H2,(H,40,44)(H,41,45). The molecule has 2 heterocycles. The van der Waals surface area contributed by atoms with Gasteiger partial charge in [0.1, 0.15) is 24.7 Å². The summed E-state index contributed by atoms with van der Waals surface area (Å²) in [6, 6.07) is 9.62. The lowest BCUT2D eigenvalue weighted by Crippen LogP contribution is -2.54. The minimum Gasteiger partial charge on any atom is -0.506 e. The molecule has 0 saturated carbocycles. The summed E-state index contributed by atoms with van der Waals surface area (Å²) in [4.78, 5) is 59.3. The molecule has 0 atom stereocenters. The van der Waals surface area contributed by atoms with Crippen LogP contribution in [0.15, 0.2) is 72.8 Å². The predicted molar refractivity (Wildman–Crippen MR) is 157 cm³/mol. The Morgan fingerprint density at radius 3 is 1.62 bits per heavy atom. The Labute approximate surface area is 275 Å². The van der Waals surface area contributed by atoms with Gasteiger partial charge in [0.15, 0.2) is 0 Å². The number of nitrogens with one attached hydrogen (secondary N) is 2. The van der Waals surface area contributed by atoms with E-state index in [1.54, 1.807) is 0 Å². The van der Waals surface area contributed by atoms with Gasteiger partial charge in [0.05, 0.1) is 22.5 Å². The second-order valence-corrected chi connectivity index (χ2v) is 11.1. The van der Waals surface area contributed by atoms with Crippen LogP contribution in [0.2, 0.25) is 0 Å². The average molecular weight is 703 g/mol. The third kappa shape index (κ3) is 5.75. The van der Waals surface area contributed by atoms with E-state index in [0.29, 0.717) is 41.5 Å². The molecule has 0 fully saturated rings. The number of benzene rings is 4. The topological polar surface area (TPSA) is 160 Å². The molecule has 0 bridgehead atoms. The number of phenols is 2. The van der Waals surface area contributed by atoms with Crippen LogP contribution in [-0.4, -0.2) is 46.3 Å². The number of hydrogen-bond donors (Lipinski definition) is 4. The smallest absolute Gasteiger partial charge is 0.411 e. The SMILES string of the molecule is O=C(Nc1cc(C(c2ccc(O)c(NC(=O)c3ccc4c(c3)C(=O)OC4=O)c2)(C(F)(F)F)C(F)(F)F)ccc1O)c1ccc2c(c1)COOC2. The Kier molecular flexibility index (Phi) is 8.27. The number of esters is 2. The molecule has 0 radical (unpaired) electrons. The fourth-order valence-electron chi connectivity index (χ4n) is 5.59. The van der Waals surface area contributed by atoms with Gasteiger partial charge in [-0.15, -0.1) is 0 Å². The molecule has 0 aromatic heterocycles. The molecule has 0 unspecified atom stereocenters. The van der Waals surface area contributed by atoms with Crippen molar-refractivity contribution in [1.29, 1.82) is 0 Å². The summed E-state index contributed by atoms with van der Waals surface area (Å²) in [6.45, 7) is 0.0429. The van der Waals surface area contributed by atoms with E-state index in [4.69, 9.17) is 9.78 Å². The van der Waals surface area contributed by atoms with Crippen LogP contribution in [0.3, 0.4) is 0 Å². The van der Waals surface area contributed by atoms with E-state index < -0.39 is 75.5 Å². The number of anilines is 2. The fraction of sp³-hybridized carbons (Fsp3) is 0.152. The van der Waals surface area contributed by atoms with E-state index in [9.17, 15) is 29.4 Å². The molecular formula is C33H20F6N2O9. The highest BCUT2D eigenvalue weighted by molar-refractivity contribution is 6.16. The van der Waals surface area contributed by atoms with Gasteiger partial charge in [-0.1, -0.05) is 18.2 Å². The van der Waals surface area contributed by atoms with Crippen molar-refractivity contribution in [1.82, 2.24) is 0 Å². The molecule has 0 saturated heterocycles. The summed E-state index contributed by atoms with van der Waals surface area (Å²) >= 11 is 0. The van der Waals surface area contributed by atoms with Crippen LogP contribution in [-0.2, 0) is 33.1 Å². The zero-order valence-electron chi connectivity index (χ0n) is 24.9. The molecule has 258 valence electrons. The highest BCUT2D eigenvalue weighted by Gasteiger charge is 2.72. The quantitative estimate of drug-likeness (QED) is 0.0596. The summed E-state index contributed by atoms with van der Waals surface area (Å²) in [5.74, 6) is -5.99. The van der Waals surface area contributed by atoms with Gasteiger partial charge in [-0.2, -0.15) is 26.3 Å². The maximum atomic E-state index is 15.0. The van der Waals surface area contributed by atoms with Crippen LogP contribution >= 0.6 is 0 Å². The summed E-state index contributed by atoms with van der Waals surface area (Å²) < 4.78 is 94.5. The molecule has 6 rings (SSSR count). The van der Waals surface area contributed by atoms with Gasteiger partial charge in [-0.25, -0.2) is 19.4 Å². The van der Waals surface area contributed by atoms with Gasteiger partial charge in [0.25, 0.3) is 11.8 Å². The third-order valence-corrected chi connectivity index (χ3v) is 8.09. The number of hydrogen-bond acceptors (Lipinski definition) is 9. The first kappa shape index (κ1) is 33.9. The Morgan fingerprint density at radius 2 is 1.08 bits per heavy atom. The van der Waals surface area contributed by atoms with E-state index in [2.05, 4.69) is 10.1 Å². The molecule has 11 nitrogen and oxygen atoms in total. The van der Waals surface area contributed by atoms with E-state index in [0.717, 1.165) is 18.2 Å². The average Bonchev–Trinajstić information content (AvgIpc) is 3.34. The van der Waals surface area contributed by atoms with Gasteiger partial charge >= 0.3 is 24.3 Å². The van der Waals surface area contributed by atoms with E-state index in [1.165, 1.54) is 18.2 Å². The fourth-order valence-corrected chi connectivity index (χ4v) is 5.59. The zero-order valence-corrected chi connectivity index (χ0v) is 24.9. The van der Waals surface area contributed by atoms with Crippen molar-refractivity contribution in [3.05, 3.63) is 117 Å². The van der Waals surface area contributed by atoms with Crippen molar-refractivity contribution in [3.8, 4) is 11.5 Å². The van der Waals surface area contributed by atoms with Crippen LogP contribution in [0.5, 0.6) is 11.5 Å². The number of carbonyl (C=O) groups is 4. The Hall–Kier alpha value is -5.94. The minimum absolute atomic E-state index is 0.0328. The lowest BCUT2D eigenvalue weighted by molar-refractivity contribution is -0.322. The zero-order chi connectivity index (χ0) is 36.2. The Balaban J connectivity index is 1.39. The van der Waals surface area contributed by atoms with Gasteiger partial charge in [0, 0.05) is 11.1 Å². The van der Waals surface area contributed by atoms with Crippen molar-refractivity contribution in [2.24, 2.45) is 0 Å². The molecule has 17 heteroatoms. The molecule has 2 aliphatic rings. The molecule has 0 spiro atoms. The number of fused-ring (bicyclic) bond motifs is 2. The number of rotatable bonds is 6. The van der Waals surface area contributed by atoms with Crippen LogP contribution in [0.1, 0.15) is 63.7 Å². The normalized spacial score (nSPS) is 14.4. The van der Waals surface area contributed by atoms with Crippen molar-refractivity contribution >= 4 is 35.1 Å². The van der Waals surface area contributed by atoms with E-state index in [1.807, 2.05) is 5.32 Å². The number of cyclic esters (lactones) is 2. The highest BCUT2D eigenvalue weighted by atomic mass is 19.4. The Morgan fingerprint density at radius 1 is 0.600 bits per heavy atom. The summed E-state index contributed by atoms with van der Waals surface area (Å²) in [6.07, 6.45) is -12.3. The summed E-state index contributed by atoms with van der Waals surface area (Å²) in [7, 11) is 0. The largest absolute Gasteiger partial charge is 0.506 e. The van der Waals surface area contributed by atoms with Gasteiger partial charge in [0.2, 0.25) is 5.41 Å². The molecule has 0 aliphatic carbocycles. The minimum atomic E-state index is -6.14. The maximum Gasteiger partial charge on any atom is 0.411 e. The lowest BCUT2D eigenvalue weighted by atomic mass is 9.72. The number of aromatic hydroxyl groups is 2. The third-order valence-electron chi connectivity index (χ3n) is 8.09. The lowest BCUT2D eigenvalue weighted by Gasteiger charge is -2.38. The molecule has 4 aromatic rings. The maximum absolute atomic E-state index is 15.0. The van der Waals surface area contributed by atoms with Crippen LogP contribution in [0.25, 0.3) is 0 Å². The van der Waals surface area contributed by atoms with Crippen molar-refractivity contribution in [2.75, 3.05) is 10.6 Å². The second kappa shape index (κ2) is 12.2. The van der Waals surface area contributed by atoms with Crippen LogP contribution in [0, 0.1) is 0 Å². The van der Waals surface area contributed by atoms with Crippen molar-refractivity contribution < 1.29 is 70.2 Å². The second-order valence-electron chi connectivity index (χ2n) is 11.1. The summed E-state index contributed by atoms with van der Waals surface area (Å²) in [5.41, 5.74) is -9.16. The first-order valence-electron chi connectivity index (χ1n) is 14.2.